The quantitative estimate of drug-likeness (QED) is 0.611. The van der Waals surface area contributed by atoms with Crippen LogP contribution in [0.5, 0.6) is 0 Å². The van der Waals surface area contributed by atoms with Gasteiger partial charge < -0.3 is 0 Å². The number of carbonyl (C=O) groups excluding carboxylic acids is 1. The van der Waals surface area contributed by atoms with E-state index in [1.807, 2.05) is 0 Å². The van der Waals surface area contributed by atoms with Gasteiger partial charge in [-0.2, -0.15) is 0 Å². The van der Waals surface area contributed by atoms with Crippen LogP contribution in [0, 0.1) is 11.8 Å². The van der Waals surface area contributed by atoms with Crippen LogP contribution in [0.1, 0.15) is 39.0 Å². The van der Waals surface area contributed by atoms with E-state index in [0.717, 1.165) is 25.7 Å². The Kier molecular flexibility index (Phi) is 2.58. The molecule has 1 saturated carbocycles. The summed E-state index contributed by atoms with van der Waals surface area (Å²) in [5.41, 5.74) is 2.71. The van der Waals surface area contributed by atoms with Crippen LogP contribution in [0.15, 0.2) is 23.8 Å². The third kappa shape index (κ3) is 1.68. The first-order valence-electron chi connectivity index (χ1n) is 5.55. The molecule has 0 amide bonds. The van der Waals surface area contributed by atoms with Crippen LogP contribution >= 0.6 is 0 Å². The Morgan fingerprint density at radius 2 is 2.21 bits per heavy atom. The molecule has 1 heteroatoms. The standard InChI is InChI=1S/C13H18O/c1-9(2)10-3-5-11(6-4-10)12-7-8-13(12)14/h5,10,12H,1,3-4,6-8H2,2H3. The third-order valence-electron chi connectivity index (χ3n) is 3.66. The Labute approximate surface area is 85.9 Å². The molecule has 1 fully saturated rings. The van der Waals surface area contributed by atoms with E-state index in [2.05, 4.69) is 19.6 Å². The monoisotopic (exact) mass is 190 g/mol. The summed E-state index contributed by atoms with van der Waals surface area (Å²) in [4.78, 5) is 11.3. The fraction of sp³-hybridized carbons (Fsp3) is 0.615. The van der Waals surface area contributed by atoms with Crippen LogP contribution in [-0.4, -0.2) is 5.78 Å². The van der Waals surface area contributed by atoms with E-state index in [-0.39, 0.29) is 0 Å². The van der Waals surface area contributed by atoms with Gasteiger partial charge >= 0.3 is 0 Å². The first kappa shape index (κ1) is 9.70. The molecule has 0 spiro atoms. The molecule has 0 saturated heterocycles. The molecule has 0 radical (unpaired) electrons. The van der Waals surface area contributed by atoms with Gasteiger partial charge in [0.2, 0.25) is 0 Å². The molecule has 0 aromatic rings. The zero-order valence-electron chi connectivity index (χ0n) is 8.88. The van der Waals surface area contributed by atoms with Crippen molar-refractivity contribution >= 4 is 5.78 Å². The number of hydrogen-bond donors (Lipinski definition) is 0. The molecule has 0 aromatic heterocycles. The van der Waals surface area contributed by atoms with E-state index in [4.69, 9.17) is 0 Å². The minimum atomic E-state index is 0.307. The van der Waals surface area contributed by atoms with Crippen LogP contribution in [-0.2, 0) is 4.79 Å². The Morgan fingerprint density at radius 3 is 2.57 bits per heavy atom. The Bertz CT molecular complexity index is 298. The predicted octanol–water partition coefficient (Wildman–Crippen LogP) is 3.27. The van der Waals surface area contributed by atoms with Crippen molar-refractivity contribution in [3.05, 3.63) is 23.8 Å². The van der Waals surface area contributed by atoms with E-state index in [9.17, 15) is 4.79 Å². The van der Waals surface area contributed by atoms with Gasteiger partial charge in [-0.15, -0.1) is 0 Å². The molecule has 2 aliphatic carbocycles. The molecular weight excluding hydrogens is 172 g/mol. The smallest absolute Gasteiger partial charge is 0.140 e. The number of ketones is 1. The van der Waals surface area contributed by atoms with Crippen LogP contribution in [0.25, 0.3) is 0 Å². The second-order valence-corrected chi connectivity index (χ2v) is 4.65. The van der Waals surface area contributed by atoms with Crippen LogP contribution in [0.2, 0.25) is 0 Å². The van der Waals surface area contributed by atoms with Crippen molar-refractivity contribution in [2.24, 2.45) is 11.8 Å². The van der Waals surface area contributed by atoms with Crippen LogP contribution < -0.4 is 0 Å². The average Bonchev–Trinajstić information content (AvgIpc) is 2.16. The normalized spacial score (nSPS) is 32.1. The first-order chi connectivity index (χ1) is 6.68. The lowest BCUT2D eigenvalue weighted by atomic mass is 9.72. The maximum absolute atomic E-state index is 11.3. The van der Waals surface area contributed by atoms with Crippen molar-refractivity contribution in [1.82, 2.24) is 0 Å². The van der Waals surface area contributed by atoms with Crippen molar-refractivity contribution < 1.29 is 4.79 Å². The van der Waals surface area contributed by atoms with Crippen LogP contribution in [0.3, 0.4) is 0 Å². The van der Waals surface area contributed by atoms with E-state index in [1.54, 1.807) is 0 Å². The zero-order valence-corrected chi connectivity index (χ0v) is 8.88. The number of rotatable bonds is 2. The number of carbonyl (C=O) groups is 1. The predicted molar refractivity (Wildman–Crippen MR) is 58.0 cm³/mol. The maximum Gasteiger partial charge on any atom is 0.140 e. The number of Topliss-reactive ketones (excluding diaryl/α,β-unsaturated/α-hetero) is 1. The molecule has 0 aromatic carbocycles. The summed E-state index contributed by atoms with van der Waals surface area (Å²) >= 11 is 0. The highest BCUT2D eigenvalue weighted by atomic mass is 16.1. The molecule has 2 rings (SSSR count). The number of allylic oxidation sites excluding steroid dienone is 3. The highest BCUT2D eigenvalue weighted by molar-refractivity contribution is 5.89. The summed E-state index contributed by atoms with van der Waals surface area (Å²) in [5.74, 6) is 1.43. The molecule has 2 atom stereocenters. The largest absolute Gasteiger partial charge is 0.299 e. The Morgan fingerprint density at radius 1 is 1.43 bits per heavy atom. The van der Waals surface area contributed by atoms with Gasteiger partial charge in [-0.05, 0) is 38.5 Å². The summed E-state index contributed by atoms with van der Waals surface area (Å²) in [6, 6.07) is 0. The van der Waals surface area contributed by atoms with Crippen molar-refractivity contribution in [3.63, 3.8) is 0 Å². The number of hydrogen-bond acceptors (Lipinski definition) is 1. The second kappa shape index (κ2) is 3.72. The maximum atomic E-state index is 11.3. The fourth-order valence-corrected chi connectivity index (χ4v) is 2.42. The summed E-state index contributed by atoms with van der Waals surface area (Å²) in [5, 5.41) is 0. The summed E-state index contributed by atoms with van der Waals surface area (Å²) in [6.45, 7) is 6.11. The molecule has 2 unspecified atom stereocenters. The molecule has 14 heavy (non-hydrogen) atoms. The van der Waals surface area contributed by atoms with E-state index in [1.165, 1.54) is 17.6 Å². The van der Waals surface area contributed by atoms with E-state index in [0.29, 0.717) is 17.6 Å². The van der Waals surface area contributed by atoms with Gasteiger partial charge in [0.1, 0.15) is 5.78 Å². The lowest BCUT2D eigenvalue weighted by molar-refractivity contribution is -0.127. The topological polar surface area (TPSA) is 17.1 Å². The second-order valence-electron chi connectivity index (χ2n) is 4.65. The Hall–Kier alpha value is -0.850. The van der Waals surface area contributed by atoms with Gasteiger partial charge in [0.15, 0.2) is 0 Å². The van der Waals surface area contributed by atoms with Gasteiger partial charge in [-0.25, -0.2) is 0 Å². The molecule has 0 N–H and O–H groups in total. The molecule has 0 bridgehead atoms. The van der Waals surface area contributed by atoms with Gasteiger partial charge in [-0.3, -0.25) is 4.79 Å². The van der Waals surface area contributed by atoms with E-state index < -0.39 is 0 Å². The molecule has 76 valence electrons. The minimum Gasteiger partial charge on any atom is -0.299 e. The molecule has 0 aliphatic heterocycles. The van der Waals surface area contributed by atoms with Gasteiger partial charge in [-0.1, -0.05) is 23.8 Å². The van der Waals surface area contributed by atoms with Gasteiger partial charge in [0, 0.05) is 12.3 Å². The van der Waals surface area contributed by atoms with Crippen molar-refractivity contribution in [2.45, 2.75) is 39.0 Å². The van der Waals surface area contributed by atoms with Crippen molar-refractivity contribution in [3.8, 4) is 0 Å². The van der Waals surface area contributed by atoms with Gasteiger partial charge in [0.25, 0.3) is 0 Å². The molecule has 1 nitrogen and oxygen atoms in total. The summed E-state index contributed by atoms with van der Waals surface area (Å²) < 4.78 is 0. The van der Waals surface area contributed by atoms with Gasteiger partial charge in [0.05, 0.1) is 0 Å². The van der Waals surface area contributed by atoms with E-state index >= 15 is 0 Å². The molecular formula is C13H18O. The summed E-state index contributed by atoms with van der Waals surface area (Å²) in [7, 11) is 0. The van der Waals surface area contributed by atoms with Crippen molar-refractivity contribution in [1.29, 1.82) is 0 Å². The molecule has 2 aliphatic rings. The SMILES string of the molecule is C=C(C)C1CC=C(C2CCC2=O)CC1. The lowest BCUT2D eigenvalue weighted by Crippen LogP contribution is -2.28. The highest BCUT2D eigenvalue weighted by Crippen LogP contribution is 2.37. The lowest BCUT2D eigenvalue weighted by Gasteiger charge is -2.31. The summed E-state index contributed by atoms with van der Waals surface area (Å²) in [6.07, 6.45) is 7.63. The average molecular weight is 190 g/mol. The van der Waals surface area contributed by atoms with Crippen molar-refractivity contribution in [2.75, 3.05) is 0 Å². The Balaban J connectivity index is 1.97. The third-order valence-corrected chi connectivity index (χ3v) is 3.66. The molecule has 0 heterocycles. The highest BCUT2D eigenvalue weighted by Gasteiger charge is 2.32. The zero-order chi connectivity index (χ0) is 10.1. The fourth-order valence-electron chi connectivity index (χ4n) is 2.42. The van der Waals surface area contributed by atoms with Crippen LogP contribution in [0.4, 0.5) is 0 Å². The first-order valence-corrected chi connectivity index (χ1v) is 5.55. The minimum absolute atomic E-state index is 0.307.